The van der Waals surface area contributed by atoms with Crippen molar-refractivity contribution in [2.75, 3.05) is 10.6 Å². The van der Waals surface area contributed by atoms with E-state index in [0.29, 0.717) is 22.0 Å². The number of nitrogens with one attached hydrogen (secondary N) is 2. The summed E-state index contributed by atoms with van der Waals surface area (Å²) in [4.78, 5) is 22.7. The first-order valence-electron chi connectivity index (χ1n) is 5.78. The third kappa shape index (κ3) is 3.73. The maximum Gasteiger partial charge on any atom is 0.323 e. The van der Waals surface area contributed by atoms with Crippen LogP contribution in [0, 0.1) is 0 Å². The van der Waals surface area contributed by atoms with Crippen LogP contribution in [0.4, 0.5) is 16.2 Å². The first kappa shape index (κ1) is 13.9. The van der Waals surface area contributed by atoms with Crippen molar-refractivity contribution in [2.24, 2.45) is 5.73 Å². The molecule has 0 saturated carbocycles. The minimum atomic E-state index is -0.512. The molecule has 0 unspecified atom stereocenters. The van der Waals surface area contributed by atoms with Gasteiger partial charge >= 0.3 is 6.03 Å². The van der Waals surface area contributed by atoms with Gasteiger partial charge in [-0.15, -0.1) is 0 Å². The number of primary amides is 1. The first-order chi connectivity index (χ1) is 9.54. The van der Waals surface area contributed by atoms with E-state index in [4.69, 9.17) is 17.3 Å². The van der Waals surface area contributed by atoms with E-state index in [1.54, 1.807) is 48.5 Å². The van der Waals surface area contributed by atoms with Crippen LogP contribution in [-0.2, 0) is 0 Å². The Hall–Kier alpha value is -2.53. The second kappa shape index (κ2) is 6.08. The van der Waals surface area contributed by atoms with Crippen LogP contribution in [0.2, 0.25) is 5.02 Å². The van der Waals surface area contributed by atoms with E-state index in [0.717, 1.165) is 0 Å². The Balaban J connectivity index is 1.97. The van der Waals surface area contributed by atoms with Crippen molar-refractivity contribution >= 4 is 34.9 Å². The van der Waals surface area contributed by atoms with Crippen molar-refractivity contribution in [1.29, 1.82) is 0 Å². The number of anilines is 2. The Bertz CT molecular complexity index is 624. The minimum absolute atomic E-state index is 0.383. The molecule has 0 atom stereocenters. The Kier molecular flexibility index (Phi) is 4.22. The lowest BCUT2D eigenvalue weighted by molar-refractivity contribution is 0.100. The number of benzene rings is 2. The molecule has 3 amide bonds. The highest BCUT2D eigenvalue weighted by atomic mass is 35.5. The Morgan fingerprint density at radius 1 is 0.850 bits per heavy atom. The lowest BCUT2D eigenvalue weighted by atomic mass is 10.2. The third-order valence-electron chi connectivity index (χ3n) is 2.53. The zero-order chi connectivity index (χ0) is 14.5. The van der Waals surface area contributed by atoms with E-state index in [2.05, 4.69) is 10.6 Å². The standard InChI is InChI=1S/C14H12ClN3O2/c15-10-3-7-12(8-4-10)18-14(20)17-11-5-1-9(2-6-11)13(16)19/h1-8H,(H2,16,19)(H2,17,18,20). The van der Waals surface area contributed by atoms with Crippen LogP contribution in [0.3, 0.4) is 0 Å². The molecule has 0 saturated heterocycles. The van der Waals surface area contributed by atoms with Crippen LogP contribution >= 0.6 is 11.6 Å². The number of hydrogen-bond donors (Lipinski definition) is 3. The van der Waals surface area contributed by atoms with Crippen LogP contribution in [0.5, 0.6) is 0 Å². The van der Waals surface area contributed by atoms with Crippen LogP contribution < -0.4 is 16.4 Å². The molecular formula is C14H12ClN3O2. The molecule has 0 bridgehead atoms. The van der Waals surface area contributed by atoms with Crippen LogP contribution in [0.1, 0.15) is 10.4 Å². The molecule has 2 rings (SSSR count). The van der Waals surface area contributed by atoms with E-state index in [9.17, 15) is 9.59 Å². The van der Waals surface area contributed by atoms with Crippen molar-refractivity contribution in [3.8, 4) is 0 Å². The Morgan fingerprint density at radius 2 is 1.30 bits per heavy atom. The highest BCUT2D eigenvalue weighted by Gasteiger charge is 2.04. The topological polar surface area (TPSA) is 84.2 Å². The highest BCUT2D eigenvalue weighted by molar-refractivity contribution is 6.30. The lowest BCUT2D eigenvalue weighted by Gasteiger charge is -2.08. The largest absolute Gasteiger partial charge is 0.366 e. The molecule has 0 fully saturated rings. The molecule has 2 aromatic rings. The highest BCUT2D eigenvalue weighted by Crippen LogP contribution is 2.14. The lowest BCUT2D eigenvalue weighted by Crippen LogP contribution is -2.19. The number of rotatable bonds is 3. The number of amides is 3. The minimum Gasteiger partial charge on any atom is -0.366 e. The van der Waals surface area contributed by atoms with Gasteiger partial charge in [-0.05, 0) is 48.5 Å². The van der Waals surface area contributed by atoms with E-state index in [1.807, 2.05) is 0 Å². The molecular weight excluding hydrogens is 278 g/mol. The second-order valence-electron chi connectivity index (χ2n) is 4.03. The van der Waals surface area contributed by atoms with Crippen molar-refractivity contribution in [2.45, 2.75) is 0 Å². The normalized spacial score (nSPS) is 9.85. The summed E-state index contributed by atoms with van der Waals surface area (Å²) in [5.74, 6) is -0.512. The summed E-state index contributed by atoms with van der Waals surface area (Å²) in [5, 5.41) is 5.89. The van der Waals surface area contributed by atoms with Crippen molar-refractivity contribution < 1.29 is 9.59 Å². The molecule has 0 radical (unpaired) electrons. The number of halogens is 1. The fourth-order valence-corrected chi connectivity index (χ4v) is 1.67. The SMILES string of the molecule is NC(=O)c1ccc(NC(=O)Nc2ccc(Cl)cc2)cc1. The van der Waals surface area contributed by atoms with Gasteiger partial charge in [-0.1, -0.05) is 11.6 Å². The molecule has 102 valence electrons. The van der Waals surface area contributed by atoms with Gasteiger partial charge in [0.25, 0.3) is 0 Å². The van der Waals surface area contributed by atoms with Gasteiger partial charge in [0.1, 0.15) is 0 Å². The fourth-order valence-electron chi connectivity index (χ4n) is 1.54. The average molecular weight is 290 g/mol. The Morgan fingerprint density at radius 3 is 1.75 bits per heavy atom. The number of hydrogen-bond acceptors (Lipinski definition) is 2. The molecule has 5 nitrogen and oxygen atoms in total. The molecule has 0 aromatic heterocycles. The van der Waals surface area contributed by atoms with E-state index < -0.39 is 5.91 Å². The summed E-state index contributed by atoms with van der Waals surface area (Å²) >= 11 is 5.75. The molecule has 0 aliphatic carbocycles. The molecule has 0 spiro atoms. The van der Waals surface area contributed by atoms with Gasteiger partial charge in [-0.2, -0.15) is 0 Å². The summed E-state index contributed by atoms with van der Waals surface area (Å²) in [5.41, 5.74) is 6.70. The van der Waals surface area contributed by atoms with Crippen LogP contribution in [0.15, 0.2) is 48.5 Å². The molecule has 0 heterocycles. The van der Waals surface area contributed by atoms with Crippen molar-refractivity contribution in [1.82, 2.24) is 0 Å². The van der Waals surface area contributed by atoms with Crippen molar-refractivity contribution in [3.05, 3.63) is 59.1 Å². The summed E-state index contributed by atoms with van der Waals surface area (Å²) in [6.07, 6.45) is 0. The van der Waals surface area contributed by atoms with Gasteiger partial charge < -0.3 is 16.4 Å². The maximum absolute atomic E-state index is 11.7. The molecule has 0 aliphatic rings. The van der Waals surface area contributed by atoms with Gasteiger partial charge in [0.05, 0.1) is 0 Å². The third-order valence-corrected chi connectivity index (χ3v) is 2.78. The number of carbonyl (C=O) groups excluding carboxylic acids is 2. The van der Waals surface area contributed by atoms with Gasteiger partial charge in [-0.25, -0.2) is 4.79 Å². The van der Waals surface area contributed by atoms with Crippen LogP contribution in [0.25, 0.3) is 0 Å². The quantitative estimate of drug-likeness (QED) is 0.811. The molecule has 6 heteroatoms. The molecule has 0 aliphatic heterocycles. The number of nitrogens with two attached hydrogens (primary N) is 1. The van der Waals surface area contributed by atoms with Gasteiger partial charge in [-0.3, -0.25) is 4.79 Å². The van der Waals surface area contributed by atoms with Crippen molar-refractivity contribution in [3.63, 3.8) is 0 Å². The molecule has 20 heavy (non-hydrogen) atoms. The van der Waals surface area contributed by atoms with E-state index >= 15 is 0 Å². The van der Waals surface area contributed by atoms with E-state index in [-0.39, 0.29) is 6.03 Å². The number of carbonyl (C=O) groups is 2. The zero-order valence-corrected chi connectivity index (χ0v) is 11.1. The summed E-state index contributed by atoms with van der Waals surface area (Å²) in [6.45, 7) is 0. The smallest absolute Gasteiger partial charge is 0.323 e. The molecule has 4 N–H and O–H groups in total. The Labute approximate surface area is 120 Å². The molecule has 2 aromatic carbocycles. The van der Waals surface area contributed by atoms with Gasteiger partial charge in [0, 0.05) is 22.0 Å². The second-order valence-corrected chi connectivity index (χ2v) is 4.46. The average Bonchev–Trinajstić information content (AvgIpc) is 2.42. The van der Waals surface area contributed by atoms with Crippen LogP contribution in [-0.4, -0.2) is 11.9 Å². The predicted octanol–water partition coefficient (Wildman–Crippen LogP) is 3.08. The predicted molar refractivity (Wildman–Crippen MR) is 79.1 cm³/mol. The number of urea groups is 1. The van der Waals surface area contributed by atoms with Gasteiger partial charge in [0.2, 0.25) is 5.91 Å². The van der Waals surface area contributed by atoms with Gasteiger partial charge in [0.15, 0.2) is 0 Å². The summed E-state index contributed by atoms with van der Waals surface area (Å²) in [7, 11) is 0. The summed E-state index contributed by atoms with van der Waals surface area (Å²) in [6, 6.07) is 12.6. The fraction of sp³-hybridized carbons (Fsp3) is 0. The monoisotopic (exact) mass is 289 g/mol. The van der Waals surface area contributed by atoms with E-state index in [1.165, 1.54) is 0 Å². The maximum atomic E-state index is 11.7. The summed E-state index contributed by atoms with van der Waals surface area (Å²) < 4.78 is 0. The first-order valence-corrected chi connectivity index (χ1v) is 6.16. The zero-order valence-electron chi connectivity index (χ0n) is 10.4.